The molecule has 0 spiro atoms. The average Bonchev–Trinajstić information content (AvgIpc) is 2.41. The van der Waals surface area contributed by atoms with Gasteiger partial charge in [-0.25, -0.2) is 12.8 Å². The van der Waals surface area contributed by atoms with E-state index in [1.807, 2.05) is 4.72 Å². The second-order valence-electron chi connectivity index (χ2n) is 4.10. The summed E-state index contributed by atoms with van der Waals surface area (Å²) in [6, 6.07) is 7.94. The number of sulfonamides is 1. The fourth-order valence-corrected chi connectivity index (χ4v) is 2.70. The summed E-state index contributed by atoms with van der Waals surface area (Å²) in [6.45, 7) is 0. The van der Waals surface area contributed by atoms with Crippen molar-refractivity contribution >= 4 is 27.1 Å². The summed E-state index contributed by atoms with van der Waals surface area (Å²) in [4.78, 5) is 9.71. The first kappa shape index (κ1) is 14.7. The van der Waals surface area contributed by atoms with Crippen molar-refractivity contribution in [2.75, 3.05) is 10.5 Å². The number of nitrogen functional groups attached to an aromatic ring is 1. The van der Waals surface area contributed by atoms with E-state index >= 15 is 0 Å². The molecule has 0 amide bonds. The molecule has 0 saturated carbocycles. The molecular weight excluding hydrogens is 301 g/mol. The van der Waals surface area contributed by atoms with Crippen molar-refractivity contribution in [2.24, 2.45) is 0 Å². The Hall–Kier alpha value is -2.68. The van der Waals surface area contributed by atoms with E-state index in [1.54, 1.807) is 0 Å². The molecule has 0 saturated heterocycles. The zero-order chi connectivity index (χ0) is 15.6. The molecule has 0 radical (unpaired) electrons. The average molecular weight is 311 g/mol. The van der Waals surface area contributed by atoms with Crippen molar-refractivity contribution in [3.05, 3.63) is 58.4 Å². The normalized spacial score (nSPS) is 11.1. The van der Waals surface area contributed by atoms with Crippen LogP contribution in [0.25, 0.3) is 0 Å². The second kappa shape index (κ2) is 5.37. The summed E-state index contributed by atoms with van der Waals surface area (Å²) in [5.41, 5.74) is 4.77. The van der Waals surface area contributed by atoms with Crippen LogP contribution in [0.5, 0.6) is 0 Å². The van der Waals surface area contributed by atoms with Crippen molar-refractivity contribution in [3.63, 3.8) is 0 Å². The number of nitro groups is 1. The van der Waals surface area contributed by atoms with Gasteiger partial charge in [-0.3, -0.25) is 14.8 Å². The lowest BCUT2D eigenvalue weighted by Crippen LogP contribution is -2.14. The molecule has 0 aliphatic carbocycles. The van der Waals surface area contributed by atoms with Crippen LogP contribution in [-0.4, -0.2) is 13.3 Å². The zero-order valence-electron chi connectivity index (χ0n) is 10.5. The summed E-state index contributed by atoms with van der Waals surface area (Å²) >= 11 is 0. The van der Waals surface area contributed by atoms with Crippen LogP contribution in [0.2, 0.25) is 0 Å². The molecule has 21 heavy (non-hydrogen) atoms. The van der Waals surface area contributed by atoms with E-state index in [0.717, 1.165) is 18.2 Å². The molecule has 0 unspecified atom stereocenters. The molecule has 2 aromatic carbocycles. The van der Waals surface area contributed by atoms with Gasteiger partial charge in [-0.1, -0.05) is 6.07 Å². The molecule has 0 aromatic heterocycles. The molecule has 3 N–H and O–H groups in total. The highest BCUT2D eigenvalue weighted by Crippen LogP contribution is 2.24. The Morgan fingerprint density at radius 2 is 1.90 bits per heavy atom. The van der Waals surface area contributed by atoms with E-state index in [1.165, 1.54) is 24.3 Å². The maximum atomic E-state index is 13.6. The Balaban J connectivity index is 2.41. The predicted molar refractivity (Wildman–Crippen MR) is 74.7 cm³/mol. The van der Waals surface area contributed by atoms with Crippen LogP contribution in [0.4, 0.5) is 21.5 Å². The highest BCUT2D eigenvalue weighted by atomic mass is 32.2. The molecule has 0 fully saturated rings. The first-order valence-electron chi connectivity index (χ1n) is 5.62. The summed E-state index contributed by atoms with van der Waals surface area (Å²) in [5, 5.41) is 10.6. The zero-order valence-corrected chi connectivity index (χ0v) is 11.3. The lowest BCUT2D eigenvalue weighted by Gasteiger charge is -2.09. The summed E-state index contributed by atoms with van der Waals surface area (Å²) in [7, 11) is -4.09. The van der Waals surface area contributed by atoms with Gasteiger partial charge in [0.1, 0.15) is 5.82 Å². The predicted octanol–water partition coefficient (Wildman–Crippen LogP) is 2.12. The molecule has 7 nitrogen and oxygen atoms in total. The second-order valence-corrected chi connectivity index (χ2v) is 5.78. The van der Waals surface area contributed by atoms with Crippen molar-refractivity contribution in [1.82, 2.24) is 0 Å². The first-order chi connectivity index (χ1) is 9.79. The van der Waals surface area contributed by atoms with E-state index in [9.17, 15) is 22.9 Å². The summed E-state index contributed by atoms with van der Waals surface area (Å²) < 4.78 is 39.7. The monoisotopic (exact) mass is 311 g/mol. The SMILES string of the molecule is Nc1cccc(S(=O)(=O)Nc2cc([N+](=O)[O-])ccc2F)c1. The Labute approximate surface area is 119 Å². The first-order valence-corrected chi connectivity index (χ1v) is 7.10. The van der Waals surface area contributed by atoms with Crippen LogP contribution < -0.4 is 10.5 Å². The number of nitrogens with zero attached hydrogens (tertiary/aromatic N) is 1. The highest BCUT2D eigenvalue weighted by molar-refractivity contribution is 7.92. The smallest absolute Gasteiger partial charge is 0.271 e. The van der Waals surface area contributed by atoms with Crippen LogP contribution in [0, 0.1) is 15.9 Å². The molecule has 110 valence electrons. The van der Waals surface area contributed by atoms with Gasteiger partial charge in [-0.05, 0) is 24.3 Å². The summed E-state index contributed by atoms with van der Waals surface area (Å²) in [6.07, 6.45) is 0. The van der Waals surface area contributed by atoms with Gasteiger partial charge in [-0.2, -0.15) is 0 Å². The van der Waals surface area contributed by atoms with Gasteiger partial charge in [0.2, 0.25) is 0 Å². The molecule has 0 heterocycles. The number of hydrogen-bond donors (Lipinski definition) is 2. The van der Waals surface area contributed by atoms with Crippen LogP contribution in [0.3, 0.4) is 0 Å². The number of nitrogens with two attached hydrogens (primary N) is 1. The lowest BCUT2D eigenvalue weighted by molar-refractivity contribution is -0.384. The van der Waals surface area contributed by atoms with Crippen molar-refractivity contribution in [3.8, 4) is 0 Å². The molecule has 0 aliphatic rings. The Morgan fingerprint density at radius 3 is 2.52 bits per heavy atom. The number of nitrogens with one attached hydrogen (secondary N) is 1. The van der Waals surface area contributed by atoms with E-state index in [4.69, 9.17) is 5.73 Å². The Bertz CT molecular complexity index is 808. The highest BCUT2D eigenvalue weighted by Gasteiger charge is 2.18. The Morgan fingerprint density at radius 1 is 1.19 bits per heavy atom. The van der Waals surface area contributed by atoms with Gasteiger partial charge < -0.3 is 5.73 Å². The number of halogens is 1. The van der Waals surface area contributed by atoms with Gasteiger partial charge in [0.25, 0.3) is 15.7 Å². The summed E-state index contributed by atoms with van der Waals surface area (Å²) in [5.74, 6) is -0.923. The molecule has 2 aromatic rings. The van der Waals surface area contributed by atoms with E-state index in [-0.39, 0.29) is 10.6 Å². The van der Waals surface area contributed by atoms with Gasteiger partial charge >= 0.3 is 0 Å². The molecule has 0 aliphatic heterocycles. The maximum absolute atomic E-state index is 13.6. The Kier molecular flexibility index (Phi) is 3.76. The van der Waals surface area contributed by atoms with Crippen molar-refractivity contribution < 1.29 is 17.7 Å². The molecule has 9 heteroatoms. The molecule has 0 bridgehead atoms. The van der Waals surface area contributed by atoms with Gasteiger partial charge in [0, 0.05) is 17.8 Å². The number of anilines is 2. The minimum Gasteiger partial charge on any atom is -0.399 e. The van der Waals surface area contributed by atoms with Crippen LogP contribution in [0.1, 0.15) is 0 Å². The lowest BCUT2D eigenvalue weighted by atomic mass is 10.3. The fraction of sp³-hybridized carbons (Fsp3) is 0. The van der Waals surface area contributed by atoms with Gasteiger partial charge in [-0.15, -0.1) is 0 Å². The minimum absolute atomic E-state index is 0.173. The quantitative estimate of drug-likeness (QED) is 0.510. The van der Waals surface area contributed by atoms with Crippen molar-refractivity contribution in [2.45, 2.75) is 4.90 Å². The maximum Gasteiger partial charge on any atom is 0.271 e. The third kappa shape index (κ3) is 3.26. The molecular formula is C12H10FN3O4S. The van der Waals surface area contributed by atoms with E-state index in [2.05, 4.69) is 0 Å². The number of rotatable bonds is 4. The number of nitro benzene ring substituents is 1. The number of hydrogen-bond acceptors (Lipinski definition) is 5. The number of non-ortho nitro benzene ring substituents is 1. The standard InChI is InChI=1S/C12H10FN3O4S/c13-11-5-4-9(16(17)18)7-12(11)15-21(19,20)10-3-1-2-8(14)6-10/h1-7,15H,14H2. The van der Waals surface area contributed by atoms with Crippen LogP contribution >= 0.6 is 0 Å². The third-order valence-electron chi connectivity index (χ3n) is 2.57. The van der Waals surface area contributed by atoms with Crippen LogP contribution in [0.15, 0.2) is 47.4 Å². The molecule has 2 rings (SSSR count). The fourth-order valence-electron chi connectivity index (χ4n) is 1.59. The van der Waals surface area contributed by atoms with E-state index < -0.39 is 32.1 Å². The topological polar surface area (TPSA) is 115 Å². The molecule has 0 atom stereocenters. The van der Waals surface area contributed by atoms with Crippen LogP contribution in [-0.2, 0) is 10.0 Å². The minimum atomic E-state index is -4.09. The van der Waals surface area contributed by atoms with E-state index in [0.29, 0.717) is 0 Å². The number of benzene rings is 2. The van der Waals surface area contributed by atoms with Crippen molar-refractivity contribution in [1.29, 1.82) is 0 Å². The third-order valence-corrected chi connectivity index (χ3v) is 3.94. The largest absolute Gasteiger partial charge is 0.399 e. The van der Waals surface area contributed by atoms with Gasteiger partial charge in [0.15, 0.2) is 0 Å². The van der Waals surface area contributed by atoms with Gasteiger partial charge in [0.05, 0.1) is 15.5 Å².